The SMILES string of the molecule is COCCOCCOCc1ccc([N+](=O)[O-])c(F)c1. The van der Waals surface area contributed by atoms with Gasteiger partial charge in [0.15, 0.2) is 0 Å². The molecule has 0 amide bonds. The Morgan fingerprint density at radius 3 is 2.53 bits per heavy atom. The molecule has 0 aliphatic rings. The zero-order valence-electron chi connectivity index (χ0n) is 10.6. The molecule has 6 nitrogen and oxygen atoms in total. The molecule has 1 aromatic carbocycles. The Hall–Kier alpha value is -1.57. The van der Waals surface area contributed by atoms with E-state index in [9.17, 15) is 14.5 Å². The second-order valence-corrected chi connectivity index (χ2v) is 3.70. The summed E-state index contributed by atoms with van der Waals surface area (Å²) in [5.41, 5.74) is 0.00615. The van der Waals surface area contributed by atoms with Crippen LogP contribution in [-0.4, -0.2) is 38.5 Å². The van der Waals surface area contributed by atoms with E-state index in [1.807, 2.05) is 0 Å². The topological polar surface area (TPSA) is 70.8 Å². The Labute approximate surface area is 110 Å². The molecule has 0 N–H and O–H groups in total. The van der Waals surface area contributed by atoms with Crippen molar-refractivity contribution in [2.45, 2.75) is 6.61 Å². The molecule has 0 radical (unpaired) electrons. The molecular formula is C12H16FNO5. The standard InChI is InChI=1S/C12H16FNO5/c1-17-4-5-18-6-7-19-9-10-2-3-12(14(15)16)11(13)8-10/h2-3,8H,4-7,9H2,1H3. The van der Waals surface area contributed by atoms with Gasteiger partial charge < -0.3 is 14.2 Å². The van der Waals surface area contributed by atoms with Crippen LogP contribution in [-0.2, 0) is 20.8 Å². The van der Waals surface area contributed by atoms with Crippen molar-refractivity contribution in [3.8, 4) is 0 Å². The second kappa shape index (κ2) is 8.52. The van der Waals surface area contributed by atoms with E-state index in [-0.39, 0.29) is 6.61 Å². The van der Waals surface area contributed by atoms with Crippen molar-refractivity contribution in [3.63, 3.8) is 0 Å². The first kappa shape index (κ1) is 15.5. The van der Waals surface area contributed by atoms with E-state index in [1.165, 1.54) is 6.07 Å². The number of halogens is 1. The van der Waals surface area contributed by atoms with E-state index >= 15 is 0 Å². The van der Waals surface area contributed by atoms with Crippen LogP contribution in [0.15, 0.2) is 18.2 Å². The number of ether oxygens (including phenoxy) is 3. The summed E-state index contributed by atoms with van der Waals surface area (Å²) in [4.78, 5) is 9.67. The van der Waals surface area contributed by atoms with Gasteiger partial charge in [-0.1, -0.05) is 0 Å². The fourth-order valence-electron chi connectivity index (χ4n) is 1.34. The number of nitro groups is 1. The number of nitro benzene ring substituents is 1. The molecule has 0 atom stereocenters. The Morgan fingerprint density at radius 2 is 1.89 bits per heavy atom. The number of hydrogen-bond donors (Lipinski definition) is 0. The minimum absolute atomic E-state index is 0.183. The first-order valence-corrected chi connectivity index (χ1v) is 5.72. The molecular weight excluding hydrogens is 257 g/mol. The van der Waals surface area contributed by atoms with Crippen molar-refractivity contribution in [2.24, 2.45) is 0 Å². The maximum Gasteiger partial charge on any atom is 0.304 e. The van der Waals surface area contributed by atoms with Crippen LogP contribution < -0.4 is 0 Å². The van der Waals surface area contributed by atoms with E-state index in [0.29, 0.717) is 32.0 Å². The normalized spacial score (nSPS) is 10.6. The van der Waals surface area contributed by atoms with E-state index in [0.717, 1.165) is 12.1 Å². The minimum atomic E-state index is -0.859. The summed E-state index contributed by atoms with van der Waals surface area (Å²) in [6.07, 6.45) is 0. The number of methoxy groups -OCH3 is 1. The molecule has 19 heavy (non-hydrogen) atoms. The quantitative estimate of drug-likeness (QED) is 0.390. The highest BCUT2D eigenvalue weighted by atomic mass is 19.1. The van der Waals surface area contributed by atoms with Crippen molar-refractivity contribution < 1.29 is 23.5 Å². The summed E-state index contributed by atoms with van der Waals surface area (Å²) < 4.78 is 28.5. The van der Waals surface area contributed by atoms with Crippen molar-refractivity contribution in [2.75, 3.05) is 33.5 Å². The van der Waals surface area contributed by atoms with Gasteiger partial charge in [0.05, 0.1) is 38.0 Å². The highest BCUT2D eigenvalue weighted by Crippen LogP contribution is 2.18. The molecule has 0 fully saturated rings. The zero-order chi connectivity index (χ0) is 14.1. The van der Waals surface area contributed by atoms with Gasteiger partial charge in [-0.2, -0.15) is 4.39 Å². The van der Waals surface area contributed by atoms with Crippen LogP contribution in [0.25, 0.3) is 0 Å². The zero-order valence-corrected chi connectivity index (χ0v) is 10.6. The van der Waals surface area contributed by atoms with Gasteiger partial charge in [0.1, 0.15) is 0 Å². The summed E-state index contributed by atoms with van der Waals surface area (Å²) in [7, 11) is 1.59. The van der Waals surface area contributed by atoms with E-state index in [1.54, 1.807) is 7.11 Å². The molecule has 0 heterocycles. The van der Waals surface area contributed by atoms with Crippen molar-refractivity contribution >= 4 is 5.69 Å². The first-order valence-electron chi connectivity index (χ1n) is 5.72. The predicted molar refractivity (Wildman–Crippen MR) is 65.4 cm³/mol. The van der Waals surface area contributed by atoms with E-state index in [4.69, 9.17) is 14.2 Å². The Balaban J connectivity index is 2.26. The molecule has 0 saturated heterocycles. The molecule has 0 aliphatic carbocycles. The summed E-state index contributed by atoms with van der Waals surface area (Å²) in [5, 5.41) is 10.4. The van der Waals surface area contributed by atoms with Crippen LogP contribution in [0.3, 0.4) is 0 Å². The molecule has 0 bridgehead atoms. The van der Waals surface area contributed by atoms with Gasteiger partial charge in [-0.3, -0.25) is 10.1 Å². The molecule has 0 aromatic heterocycles. The highest BCUT2D eigenvalue weighted by molar-refractivity contribution is 5.34. The van der Waals surface area contributed by atoms with Crippen LogP contribution in [0.1, 0.15) is 5.56 Å². The fraction of sp³-hybridized carbons (Fsp3) is 0.500. The molecule has 106 valence electrons. The van der Waals surface area contributed by atoms with Gasteiger partial charge in [0.25, 0.3) is 0 Å². The highest BCUT2D eigenvalue weighted by Gasteiger charge is 2.13. The van der Waals surface area contributed by atoms with Gasteiger partial charge >= 0.3 is 5.69 Å². The van der Waals surface area contributed by atoms with Crippen LogP contribution in [0.5, 0.6) is 0 Å². The van der Waals surface area contributed by atoms with Crippen LogP contribution in [0.4, 0.5) is 10.1 Å². The van der Waals surface area contributed by atoms with Crippen LogP contribution in [0.2, 0.25) is 0 Å². The van der Waals surface area contributed by atoms with Crippen molar-refractivity contribution in [1.82, 2.24) is 0 Å². The Morgan fingerprint density at radius 1 is 1.21 bits per heavy atom. The smallest absolute Gasteiger partial charge is 0.304 e. The van der Waals surface area contributed by atoms with Crippen molar-refractivity contribution in [1.29, 1.82) is 0 Å². The van der Waals surface area contributed by atoms with Gasteiger partial charge in [-0.15, -0.1) is 0 Å². The summed E-state index contributed by atoms with van der Waals surface area (Å²) in [6.45, 7) is 1.98. The maximum absolute atomic E-state index is 13.3. The van der Waals surface area contributed by atoms with E-state index < -0.39 is 16.4 Å². The lowest BCUT2D eigenvalue weighted by Gasteiger charge is -2.05. The number of hydrogen-bond acceptors (Lipinski definition) is 5. The number of rotatable bonds is 9. The first-order chi connectivity index (χ1) is 9.15. The Kier molecular flexibility index (Phi) is 6.94. The van der Waals surface area contributed by atoms with Gasteiger partial charge in [0.2, 0.25) is 5.82 Å². The molecule has 0 unspecified atom stereocenters. The Bertz CT molecular complexity index is 413. The van der Waals surface area contributed by atoms with Crippen LogP contribution >= 0.6 is 0 Å². The average Bonchev–Trinajstić information content (AvgIpc) is 2.37. The summed E-state index contributed by atoms with van der Waals surface area (Å²) in [6, 6.07) is 3.69. The molecule has 0 aliphatic heterocycles. The third kappa shape index (κ3) is 5.73. The van der Waals surface area contributed by atoms with E-state index in [2.05, 4.69) is 0 Å². The minimum Gasteiger partial charge on any atom is -0.382 e. The van der Waals surface area contributed by atoms with Crippen LogP contribution in [0, 0.1) is 15.9 Å². The predicted octanol–water partition coefficient (Wildman–Crippen LogP) is 1.91. The third-order valence-electron chi connectivity index (χ3n) is 2.28. The fourth-order valence-corrected chi connectivity index (χ4v) is 1.34. The number of nitrogens with zero attached hydrogens (tertiary/aromatic N) is 1. The summed E-state index contributed by atoms with van der Waals surface area (Å²) in [5.74, 6) is -0.859. The van der Waals surface area contributed by atoms with Gasteiger partial charge in [-0.05, 0) is 17.7 Å². The monoisotopic (exact) mass is 273 g/mol. The third-order valence-corrected chi connectivity index (χ3v) is 2.28. The average molecular weight is 273 g/mol. The summed E-state index contributed by atoms with van der Waals surface area (Å²) >= 11 is 0. The lowest BCUT2D eigenvalue weighted by molar-refractivity contribution is -0.387. The molecule has 1 aromatic rings. The second-order valence-electron chi connectivity index (χ2n) is 3.70. The lowest BCUT2D eigenvalue weighted by atomic mass is 10.2. The molecule has 0 spiro atoms. The van der Waals surface area contributed by atoms with Gasteiger partial charge in [-0.25, -0.2) is 0 Å². The molecule has 1 rings (SSSR count). The molecule has 0 saturated carbocycles. The largest absolute Gasteiger partial charge is 0.382 e. The molecule has 7 heteroatoms. The van der Waals surface area contributed by atoms with Gasteiger partial charge in [0, 0.05) is 13.2 Å². The number of benzene rings is 1. The maximum atomic E-state index is 13.3. The lowest BCUT2D eigenvalue weighted by Crippen LogP contribution is -2.08. The van der Waals surface area contributed by atoms with Crippen molar-refractivity contribution in [3.05, 3.63) is 39.7 Å².